The topological polar surface area (TPSA) is 40.5 Å². The molecule has 0 aliphatic heterocycles. The predicted octanol–water partition coefficient (Wildman–Crippen LogP) is 2.79. The Labute approximate surface area is 103 Å². The van der Waals surface area contributed by atoms with E-state index in [0.29, 0.717) is 5.92 Å². The summed E-state index contributed by atoms with van der Waals surface area (Å²) in [4.78, 5) is 12.7. The lowest BCUT2D eigenvalue weighted by atomic mass is 10.0. The summed E-state index contributed by atoms with van der Waals surface area (Å²) in [5.74, 6) is -0.171. The Hall–Kier alpha value is -1.51. The van der Waals surface area contributed by atoms with Gasteiger partial charge in [-0.3, -0.25) is 0 Å². The van der Waals surface area contributed by atoms with E-state index in [9.17, 15) is 4.79 Å². The molecule has 1 N–H and O–H groups in total. The van der Waals surface area contributed by atoms with E-state index >= 15 is 0 Å². The van der Waals surface area contributed by atoms with Gasteiger partial charge >= 0.3 is 5.97 Å². The summed E-state index contributed by atoms with van der Waals surface area (Å²) in [5.41, 5.74) is 2.23. The second kappa shape index (κ2) is 5.71. The van der Waals surface area contributed by atoms with Crippen LogP contribution in [-0.2, 0) is 11.2 Å². The molecule has 0 bridgehead atoms. The lowest BCUT2D eigenvalue weighted by Gasteiger charge is -2.23. The van der Waals surface area contributed by atoms with E-state index in [1.807, 2.05) is 12.1 Å². The Balaban J connectivity index is 2.76. The number of carboxylic acid groups (broad SMARTS) is 1. The first-order valence-electron chi connectivity index (χ1n) is 5.96. The molecule has 0 spiro atoms. The number of carbonyl (C=O) groups is 1. The zero-order chi connectivity index (χ0) is 13.0. The van der Waals surface area contributed by atoms with Crippen LogP contribution in [0.15, 0.2) is 24.3 Å². The van der Waals surface area contributed by atoms with Gasteiger partial charge in [0.2, 0.25) is 0 Å². The summed E-state index contributed by atoms with van der Waals surface area (Å²) >= 11 is 0. The molecule has 1 aromatic rings. The van der Waals surface area contributed by atoms with Gasteiger partial charge in [-0.1, -0.05) is 26.0 Å². The minimum absolute atomic E-state index is 0.508. The molecule has 17 heavy (non-hydrogen) atoms. The van der Waals surface area contributed by atoms with Crippen molar-refractivity contribution in [2.75, 3.05) is 11.9 Å². The Morgan fingerprint density at radius 3 is 2.18 bits per heavy atom. The number of nitrogens with zero attached hydrogens (tertiary/aromatic N) is 1. The molecule has 0 aromatic heterocycles. The highest BCUT2D eigenvalue weighted by atomic mass is 16.4. The second-order valence-electron chi connectivity index (χ2n) is 4.89. The van der Waals surface area contributed by atoms with Crippen molar-refractivity contribution in [3.8, 4) is 0 Å². The molecule has 0 aliphatic carbocycles. The third kappa shape index (κ3) is 3.77. The van der Waals surface area contributed by atoms with Crippen molar-refractivity contribution in [1.29, 1.82) is 0 Å². The van der Waals surface area contributed by atoms with Crippen LogP contribution in [0.1, 0.15) is 26.3 Å². The Bertz CT molecular complexity index is 370. The molecular formula is C14H21NO2. The minimum Gasteiger partial charge on any atom is -0.480 e. The fourth-order valence-corrected chi connectivity index (χ4v) is 1.73. The molecule has 1 aromatic carbocycles. The molecule has 0 heterocycles. The predicted molar refractivity (Wildman–Crippen MR) is 70.5 cm³/mol. The van der Waals surface area contributed by atoms with Crippen LogP contribution in [0.4, 0.5) is 5.69 Å². The molecule has 94 valence electrons. The molecule has 0 amide bonds. The molecule has 0 radical (unpaired) electrons. The van der Waals surface area contributed by atoms with E-state index in [1.54, 1.807) is 18.9 Å². The van der Waals surface area contributed by atoms with E-state index < -0.39 is 12.0 Å². The first kappa shape index (κ1) is 13.6. The van der Waals surface area contributed by atoms with Crippen molar-refractivity contribution < 1.29 is 9.90 Å². The molecule has 1 rings (SSSR count). The van der Waals surface area contributed by atoms with Gasteiger partial charge in [-0.2, -0.15) is 0 Å². The van der Waals surface area contributed by atoms with Crippen molar-refractivity contribution in [2.45, 2.75) is 33.2 Å². The molecule has 0 fully saturated rings. The van der Waals surface area contributed by atoms with Gasteiger partial charge < -0.3 is 10.0 Å². The van der Waals surface area contributed by atoms with Crippen LogP contribution >= 0.6 is 0 Å². The number of rotatable bonds is 5. The van der Waals surface area contributed by atoms with Crippen molar-refractivity contribution in [3.63, 3.8) is 0 Å². The van der Waals surface area contributed by atoms with Crippen LogP contribution in [0.3, 0.4) is 0 Å². The Kier molecular flexibility index (Phi) is 4.55. The molecule has 3 nitrogen and oxygen atoms in total. The quantitative estimate of drug-likeness (QED) is 0.853. The van der Waals surface area contributed by atoms with Crippen LogP contribution in [0, 0.1) is 5.92 Å². The number of hydrogen-bond acceptors (Lipinski definition) is 2. The molecule has 1 atom stereocenters. The maximum absolute atomic E-state index is 10.9. The van der Waals surface area contributed by atoms with Crippen molar-refractivity contribution in [2.24, 2.45) is 5.92 Å². The van der Waals surface area contributed by atoms with E-state index in [-0.39, 0.29) is 0 Å². The van der Waals surface area contributed by atoms with Crippen LogP contribution in [0.2, 0.25) is 0 Å². The molecular weight excluding hydrogens is 214 g/mol. The first-order valence-corrected chi connectivity index (χ1v) is 5.96. The van der Waals surface area contributed by atoms with Crippen LogP contribution in [-0.4, -0.2) is 24.2 Å². The third-order valence-electron chi connectivity index (χ3n) is 2.93. The average Bonchev–Trinajstić information content (AvgIpc) is 2.27. The van der Waals surface area contributed by atoms with Gasteiger partial charge in [-0.15, -0.1) is 0 Å². The van der Waals surface area contributed by atoms with Crippen LogP contribution < -0.4 is 4.90 Å². The number of anilines is 1. The number of benzene rings is 1. The van der Waals surface area contributed by atoms with Gasteiger partial charge in [0.1, 0.15) is 6.04 Å². The first-order chi connectivity index (χ1) is 7.91. The lowest BCUT2D eigenvalue weighted by molar-refractivity contribution is -0.138. The fourth-order valence-electron chi connectivity index (χ4n) is 1.73. The van der Waals surface area contributed by atoms with Gasteiger partial charge in [0.25, 0.3) is 0 Å². The number of aliphatic carboxylic acids is 1. The maximum Gasteiger partial charge on any atom is 0.326 e. The highest BCUT2D eigenvalue weighted by Gasteiger charge is 2.16. The van der Waals surface area contributed by atoms with Crippen molar-refractivity contribution >= 4 is 11.7 Å². The number of likely N-dealkylation sites (N-methyl/N-ethyl adjacent to an activating group) is 1. The molecule has 0 saturated heterocycles. The van der Waals surface area contributed by atoms with Crippen LogP contribution in [0.5, 0.6) is 0 Å². The Morgan fingerprint density at radius 2 is 1.76 bits per heavy atom. The van der Waals surface area contributed by atoms with Gasteiger partial charge in [0.05, 0.1) is 0 Å². The number of carboxylic acids is 1. The normalized spacial score (nSPS) is 12.5. The van der Waals surface area contributed by atoms with Crippen LogP contribution in [0.25, 0.3) is 0 Å². The van der Waals surface area contributed by atoms with Gasteiger partial charge in [-0.25, -0.2) is 4.79 Å². The zero-order valence-electron chi connectivity index (χ0n) is 11.0. The largest absolute Gasteiger partial charge is 0.480 e. The third-order valence-corrected chi connectivity index (χ3v) is 2.93. The maximum atomic E-state index is 10.9. The highest BCUT2D eigenvalue weighted by molar-refractivity contribution is 5.77. The highest BCUT2D eigenvalue weighted by Crippen LogP contribution is 2.17. The molecule has 0 aliphatic rings. The average molecular weight is 235 g/mol. The van der Waals surface area contributed by atoms with E-state index in [4.69, 9.17) is 5.11 Å². The zero-order valence-corrected chi connectivity index (χ0v) is 11.0. The number of hydrogen-bond donors (Lipinski definition) is 1. The van der Waals surface area contributed by atoms with Gasteiger partial charge in [0.15, 0.2) is 0 Å². The smallest absolute Gasteiger partial charge is 0.326 e. The summed E-state index contributed by atoms with van der Waals surface area (Å²) in [6.45, 7) is 6.06. The minimum atomic E-state index is -0.807. The van der Waals surface area contributed by atoms with Gasteiger partial charge in [-0.05, 0) is 37.0 Å². The molecule has 3 heteroatoms. The standard InChI is InChI=1S/C14H21NO2/c1-10(2)9-12-5-7-13(8-6-12)15(4)11(3)14(16)17/h5-8,10-11H,9H2,1-4H3,(H,16,17). The van der Waals surface area contributed by atoms with Crippen molar-refractivity contribution in [3.05, 3.63) is 29.8 Å². The van der Waals surface area contributed by atoms with E-state index in [2.05, 4.69) is 26.0 Å². The van der Waals surface area contributed by atoms with Crippen molar-refractivity contribution in [1.82, 2.24) is 0 Å². The molecule has 1 unspecified atom stereocenters. The summed E-state index contributed by atoms with van der Waals surface area (Å²) in [6, 6.07) is 7.60. The SMILES string of the molecule is CC(C)Cc1ccc(N(C)C(C)C(=O)O)cc1. The lowest BCUT2D eigenvalue weighted by Crippen LogP contribution is -2.35. The fraction of sp³-hybridized carbons (Fsp3) is 0.500. The second-order valence-corrected chi connectivity index (χ2v) is 4.89. The summed E-state index contributed by atoms with van der Waals surface area (Å²) in [6.07, 6.45) is 1.05. The monoisotopic (exact) mass is 235 g/mol. The summed E-state index contributed by atoms with van der Waals surface area (Å²) < 4.78 is 0. The van der Waals surface area contributed by atoms with E-state index in [0.717, 1.165) is 12.1 Å². The van der Waals surface area contributed by atoms with Gasteiger partial charge in [0, 0.05) is 12.7 Å². The summed E-state index contributed by atoms with van der Waals surface area (Å²) in [5, 5.41) is 8.95. The Morgan fingerprint density at radius 1 is 1.24 bits per heavy atom. The molecule has 0 saturated carbocycles. The summed E-state index contributed by atoms with van der Waals surface area (Å²) in [7, 11) is 1.80. The van der Waals surface area contributed by atoms with E-state index in [1.165, 1.54) is 5.56 Å².